The molecule has 0 aromatic heterocycles. The lowest BCUT2D eigenvalue weighted by molar-refractivity contribution is -0.275. The van der Waals surface area contributed by atoms with Crippen LogP contribution in [0, 0.1) is 11.6 Å². The van der Waals surface area contributed by atoms with Crippen molar-refractivity contribution in [2.75, 3.05) is 26.8 Å². The first kappa shape index (κ1) is 34.4. The Hall–Kier alpha value is -3.12. The van der Waals surface area contributed by atoms with E-state index in [1.807, 2.05) is 25.1 Å². The molecule has 1 fully saturated rings. The van der Waals surface area contributed by atoms with E-state index in [9.17, 15) is 23.5 Å². The van der Waals surface area contributed by atoms with Gasteiger partial charge < -0.3 is 35.8 Å². The number of unbranched alkanes of at least 4 members (excludes halogenated alkanes) is 1. The molecule has 3 amide bonds. The minimum atomic E-state index is -1.12. The van der Waals surface area contributed by atoms with Gasteiger partial charge in [-0.1, -0.05) is 44.5 Å². The van der Waals surface area contributed by atoms with E-state index in [1.165, 1.54) is 24.7 Å². The Morgan fingerprint density at radius 1 is 1.00 bits per heavy atom. The lowest BCUT2D eigenvalue weighted by Crippen LogP contribution is -2.58. The lowest BCUT2D eigenvalue weighted by atomic mass is 9.96. The number of hydrogen-bond acceptors (Lipinski definition) is 6. The van der Waals surface area contributed by atoms with E-state index in [2.05, 4.69) is 34.3 Å². The van der Waals surface area contributed by atoms with Crippen LogP contribution in [-0.2, 0) is 33.7 Å². The number of urea groups is 1. The number of aryl methyl sites for hydroxylation is 1. The number of carbonyl (C=O) groups excluding carboxylic acids is 2. The number of benzene rings is 2. The van der Waals surface area contributed by atoms with Crippen molar-refractivity contribution >= 4 is 11.9 Å². The highest BCUT2D eigenvalue weighted by Crippen LogP contribution is 2.30. The van der Waals surface area contributed by atoms with Crippen molar-refractivity contribution < 1.29 is 33.0 Å². The molecule has 0 spiro atoms. The van der Waals surface area contributed by atoms with Crippen LogP contribution in [-0.4, -0.2) is 67.8 Å². The van der Waals surface area contributed by atoms with Crippen LogP contribution in [0.4, 0.5) is 13.6 Å². The molecule has 3 rings (SSSR count). The molecule has 1 aliphatic rings. The molecule has 1 heterocycles. The maximum absolute atomic E-state index is 14.0. The summed E-state index contributed by atoms with van der Waals surface area (Å²) >= 11 is 0. The van der Waals surface area contributed by atoms with Gasteiger partial charge in [0.05, 0.1) is 25.4 Å². The third-order valence-electron chi connectivity index (χ3n) is 7.55. The summed E-state index contributed by atoms with van der Waals surface area (Å²) in [4.78, 5) is 26.1. The molecule has 238 valence electrons. The topological polar surface area (TPSA) is 121 Å². The van der Waals surface area contributed by atoms with Gasteiger partial charge >= 0.3 is 6.03 Å². The number of hydrogen-bond donors (Lipinski definition) is 5. The van der Waals surface area contributed by atoms with E-state index < -0.39 is 47.5 Å². The predicted molar refractivity (Wildman–Crippen MR) is 160 cm³/mol. The largest absolute Gasteiger partial charge is 0.390 e. The Balaban J connectivity index is 1.79. The fourth-order valence-electron chi connectivity index (χ4n) is 5.19. The molecule has 2 aromatic rings. The SMILES string of the molecule is CCCCC1(C[C@@H](NC(=O)NC)C(=O)N[C@@H](Cc2cc(F)cc(F)c2)[C@H](O)CNCc2cccc(CC)c2)OCCCO1. The molecule has 11 heteroatoms. The fourth-order valence-corrected chi connectivity index (χ4v) is 5.19. The average molecular weight is 605 g/mol. The average Bonchev–Trinajstić information content (AvgIpc) is 2.99. The van der Waals surface area contributed by atoms with Crippen LogP contribution in [0.5, 0.6) is 0 Å². The first-order valence-electron chi connectivity index (χ1n) is 15.1. The van der Waals surface area contributed by atoms with Gasteiger partial charge in [-0.2, -0.15) is 0 Å². The summed E-state index contributed by atoms with van der Waals surface area (Å²) in [5.74, 6) is -3.14. The Labute approximate surface area is 253 Å². The minimum Gasteiger partial charge on any atom is -0.390 e. The number of aliphatic hydroxyl groups is 1. The molecule has 0 bridgehead atoms. The molecule has 1 aliphatic heterocycles. The van der Waals surface area contributed by atoms with Crippen molar-refractivity contribution in [1.29, 1.82) is 0 Å². The summed E-state index contributed by atoms with van der Waals surface area (Å²) in [6.07, 6.45) is 2.74. The highest BCUT2D eigenvalue weighted by Gasteiger charge is 2.40. The Morgan fingerprint density at radius 2 is 1.70 bits per heavy atom. The van der Waals surface area contributed by atoms with Gasteiger partial charge in [-0.15, -0.1) is 0 Å². The number of halogens is 2. The number of nitrogens with one attached hydrogen (secondary N) is 4. The zero-order valence-corrected chi connectivity index (χ0v) is 25.4. The van der Waals surface area contributed by atoms with Crippen molar-refractivity contribution in [3.63, 3.8) is 0 Å². The van der Waals surface area contributed by atoms with Gasteiger partial charge in [-0.3, -0.25) is 4.79 Å². The zero-order valence-electron chi connectivity index (χ0n) is 25.4. The molecular formula is C32H46F2N4O5. The van der Waals surface area contributed by atoms with Crippen LogP contribution < -0.4 is 21.3 Å². The van der Waals surface area contributed by atoms with Crippen molar-refractivity contribution in [1.82, 2.24) is 21.3 Å². The van der Waals surface area contributed by atoms with Gasteiger partial charge in [0.15, 0.2) is 5.79 Å². The van der Waals surface area contributed by atoms with Crippen molar-refractivity contribution in [2.45, 2.75) is 89.3 Å². The highest BCUT2D eigenvalue weighted by molar-refractivity contribution is 5.87. The summed E-state index contributed by atoms with van der Waals surface area (Å²) in [5, 5.41) is 22.4. The molecule has 9 nitrogen and oxygen atoms in total. The molecule has 5 N–H and O–H groups in total. The number of rotatable bonds is 16. The van der Waals surface area contributed by atoms with E-state index >= 15 is 0 Å². The van der Waals surface area contributed by atoms with E-state index in [0.29, 0.717) is 26.2 Å². The quantitative estimate of drug-likeness (QED) is 0.199. The van der Waals surface area contributed by atoms with Crippen LogP contribution in [0.25, 0.3) is 0 Å². The second kappa shape index (κ2) is 17.2. The number of carbonyl (C=O) groups is 2. The van der Waals surface area contributed by atoms with Crippen LogP contribution >= 0.6 is 0 Å². The van der Waals surface area contributed by atoms with Gasteiger partial charge in [0.25, 0.3) is 0 Å². The minimum absolute atomic E-state index is 0.0464. The summed E-state index contributed by atoms with van der Waals surface area (Å²) in [7, 11) is 1.44. The van der Waals surface area contributed by atoms with Crippen LogP contribution in [0.15, 0.2) is 42.5 Å². The van der Waals surface area contributed by atoms with Crippen LogP contribution in [0.1, 0.15) is 62.6 Å². The van der Waals surface area contributed by atoms with Gasteiger partial charge in [0.2, 0.25) is 5.91 Å². The molecule has 0 unspecified atom stereocenters. The normalized spacial score (nSPS) is 16.6. The zero-order chi connectivity index (χ0) is 31.2. The maximum Gasteiger partial charge on any atom is 0.315 e. The fraction of sp³-hybridized carbons (Fsp3) is 0.562. The van der Waals surface area contributed by atoms with Gasteiger partial charge in [-0.05, 0) is 54.5 Å². The Bertz CT molecular complexity index is 1160. The van der Waals surface area contributed by atoms with Crippen LogP contribution in [0.3, 0.4) is 0 Å². The molecule has 0 saturated carbocycles. The molecular weight excluding hydrogens is 558 g/mol. The van der Waals surface area contributed by atoms with Crippen molar-refractivity contribution in [3.8, 4) is 0 Å². The second-order valence-electron chi connectivity index (χ2n) is 11.0. The second-order valence-corrected chi connectivity index (χ2v) is 11.0. The number of amides is 3. The third-order valence-corrected chi connectivity index (χ3v) is 7.55. The monoisotopic (exact) mass is 604 g/mol. The lowest BCUT2D eigenvalue weighted by Gasteiger charge is -2.39. The van der Waals surface area contributed by atoms with E-state index in [0.717, 1.165) is 37.3 Å². The Kier molecular flexibility index (Phi) is 13.8. The van der Waals surface area contributed by atoms with Gasteiger partial charge in [0, 0.05) is 39.0 Å². The van der Waals surface area contributed by atoms with Gasteiger partial charge in [-0.25, -0.2) is 13.6 Å². The van der Waals surface area contributed by atoms with Crippen LogP contribution in [0.2, 0.25) is 0 Å². The third kappa shape index (κ3) is 11.1. The van der Waals surface area contributed by atoms with Crippen molar-refractivity contribution in [3.05, 3.63) is 70.8 Å². The molecule has 0 aliphatic carbocycles. The summed E-state index contributed by atoms with van der Waals surface area (Å²) in [6, 6.07) is 8.60. The molecule has 2 aromatic carbocycles. The standard InChI is InChI=1S/C32H46F2N4O5/c1-4-6-11-32(42-12-8-13-43-32)19-28(38-31(41)35-3)30(40)37-27(17-24-15-25(33)18-26(34)16-24)29(39)21-36-20-23-10-7-9-22(5-2)14-23/h7,9-10,14-16,18,27-29,36,39H,4-6,8,11-13,17,19-21H2,1-3H3,(H,37,40)(H2,35,38,41)/t27-,28+,29+/m0/s1. The van der Waals surface area contributed by atoms with E-state index in [1.54, 1.807) is 0 Å². The maximum atomic E-state index is 14.0. The summed E-state index contributed by atoms with van der Waals surface area (Å²) in [5.41, 5.74) is 2.50. The molecule has 43 heavy (non-hydrogen) atoms. The molecule has 3 atom stereocenters. The van der Waals surface area contributed by atoms with E-state index in [-0.39, 0.29) is 24.9 Å². The first-order valence-corrected chi connectivity index (χ1v) is 15.1. The molecule has 1 saturated heterocycles. The smallest absolute Gasteiger partial charge is 0.315 e. The highest BCUT2D eigenvalue weighted by atomic mass is 19.1. The first-order chi connectivity index (χ1) is 20.7. The predicted octanol–water partition coefficient (Wildman–Crippen LogP) is 3.72. The van der Waals surface area contributed by atoms with Crippen molar-refractivity contribution in [2.24, 2.45) is 0 Å². The van der Waals surface area contributed by atoms with E-state index in [4.69, 9.17) is 9.47 Å². The Morgan fingerprint density at radius 3 is 2.35 bits per heavy atom. The molecule has 0 radical (unpaired) electrons. The number of aliphatic hydroxyl groups excluding tert-OH is 1. The van der Waals surface area contributed by atoms with Gasteiger partial charge in [0.1, 0.15) is 17.7 Å². The summed E-state index contributed by atoms with van der Waals surface area (Å²) < 4.78 is 40.1. The summed E-state index contributed by atoms with van der Waals surface area (Å²) in [6.45, 7) is 5.63. The number of ether oxygens (including phenoxy) is 2.